The summed E-state index contributed by atoms with van der Waals surface area (Å²) < 4.78 is 0. The first-order valence-corrected chi connectivity index (χ1v) is 7.78. The highest BCUT2D eigenvalue weighted by Crippen LogP contribution is 2.22. The van der Waals surface area contributed by atoms with Gasteiger partial charge in [-0.3, -0.25) is 4.98 Å². The van der Waals surface area contributed by atoms with Gasteiger partial charge in [0, 0.05) is 41.8 Å². The topological polar surface area (TPSA) is 92.0 Å². The van der Waals surface area contributed by atoms with Crippen molar-refractivity contribution < 1.29 is 9.90 Å². The first-order valence-electron chi connectivity index (χ1n) is 7.78. The molecule has 0 aliphatic rings. The third-order valence-corrected chi connectivity index (χ3v) is 3.93. The van der Waals surface area contributed by atoms with E-state index in [1.165, 1.54) is 0 Å². The molecule has 1 aromatic carbocycles. The Hall–Kier alpha value is -2.92. The van der Waals surface area contributed by atoms with Gasteiger partial charge < -0.3 is 15.8 Å². The maximum atomic E-state index is 11.5. The summed E-state index contributed by atoms with van der Waals surface area (Å²) in [5.74, 6) is -0.950. The molecule has 122 valence electrons. The number of carboxylic acid groups (broad SMARTS) is 1. The molecule has 2 aromatic heterocycles. The Labute approximate surface area is 140 Å². The smallest absolute Gasteiger partial charge is 0.337 e. The molecule has 1 atom stereocenters. The van der Waals surface area contributed by atoms with Crippen LogP contribution in [0.1, 0.15) is 21.6 Å². The van der Waals surface area contributed by atoms with E-state index in [0.29, 0.717) is 18.5 Å². The normalized spacial score (nSPS) is 12.0. The molecular formula is C19H19N3O2. The van der Waals surface area contributed by atoms with E-state index >= 15 is 0 Å². The van der Waals surface area contributed by atoms with Crippen LogP contribution in [0.15, 0.2) is 60.9 Å². The highest BCUT2D eigenvalue weighted by molar-refractivity contribution is 5.91. The van der Waals surface area contributed by atoms with E-state index in [1.54, 1.807) is 18.5 Å². The number of H-pyrrole nitrogens is 1. The fourth-order valence-corrected chi connectivity index (χ4v) is 2.79. The number of carbonyl (C=O) groups is 1. The van der Waals surface area contributed by atoms with E-state index in [4.69, 9.17) is 5.73 Å². The Morgan fingerprint density at radius 3 is 2.50 bits per heavy atom. The van der Waals surface area contributed by atoms with Crippen molar-refractivity contribution in [1.29, 1.82) is 0 Å². The van der Waals surface area contributed by atoms with Crippen LogP contribution in [0.2, 0.25) is 0 Å². The van der Waals surface area contributed by atoms with Crippen LogP contribution in [-0.2, 0) is 12.8 Å². The van der Waals surface area contributed by atoms with Crippen LogP contribution in [0.4, 0.5) is 0 Å². The summed E-state index contributed by atoms with van der Waals surface area (Å²) in [7, 11) is 0. The molecule has 24 heavy (non-hydrogen) atoms. The number of aromatic carboxylic acids is 1. The highest BCUT2D eigenvalue weighted by atomic mass is 16.4. The molecule has 0 fully saturated rings. The van der Waals surface area contributed by atoms with Crippen molar-refractivity contribution in [2.75, 3.05) is 0 Å². The van der Waals surface area contributed by atoms with E-state index in [0.717, 1.165) is 16.8 Å². The minimum atomic E-state index is -0.950. The first kappa shape index (κ1) is 16.0. The molecule has 0 amide bonds. The van der Waals surface area contributed by atoms with Crippen molar-refractivity contribution in [3.63, 3.8) is 0 Å². The molecule has 0 spiro atoms. The van der Waals surface area contributed by atoms with Crippen molar-refractivity contribution in [1.82, 2.24) is 9.97 Å². The number of benzene rings is 1. The van der Waals surface area contributed by atoms with E-state index in [1.807, 2.05) is 42.5 Å². The van der Waals surface area contributed by atoms with Crippen LogP contribution in [0.25, 0.3) is 11.3 Å². The van der Waals surface area contributed by atoms with Gasteiger partial charge in [0.15, 0.2) is 0 Å². The molecule has 0 bridgehead atoms. The van der Waals surface area contributed by atoms with Gasteiger partial charge in [0.1, 0.15) is 0 Å². The molecule has 0 saturated heterocycles. The number of carboxylic acids is 1. The lowest BCUT2D eigenvalue weighted by Gasteiger charge is -2.11. The van der Waals surface area contributed by atoms with Crippen molar-refractivity contribution in [2.45, 2.75) is 18.9 Å². The summed E-state index contributed by atoms with van der Waals surface area (Å²) in [6.07, 6.45) is 4.53. The highest BCUT2D eigenvalue weighted by Gasteiger charge is 2.17. The predicted molar refractivity (Wildman–Crippen MR) is 92.8 cm³/mol. The Kier molecular flexibility index (Phi) is 4.72. The average Bonchev–Trinajstić information content (AvgIpc) is 3.00. The Morgan fingerprint density at radius 2 is 1.83 bits per heavy atom. The number of aromatic nitrogens is 2. The molecule has 3 aromatic rings. The maximum Gasteiger partial charge on any atom is 0.337 e. The molecule has 4 N–H and O–H groups in total. The van der Waals surface area contributed by atoms with Crippen LogP contribution < -0.4 is 5.73 Å². The third kappa shape index (κ3) is 3.70. The van der Waals surface area contributed by atoms with Crippen molar-refractivity contribution in [3.05, 3.63) is 77.7 Å². The van der Waals surface area contributed by atoms with Crippen molar-refractivity contribution in [3.8, 4) is 11.3 Å². The monoisotopic (exact) mass is 321 g/mol. The van der Waals surface area contributed by atoms with E-state index in [9.17, 15) is 9.90 Å². The summed E-state index contributed by atoms with van der Waals surface area (Å²) in [4.78, 5) is 18.7. The molecule has 5 nitrogen and oxygen atoms in total. The standard InChI is InChI=1S/C19H19N3O2/c20-15(10-13-4-2-1-3-5-13)11-18-16(19(23)24)12-17(22-18)14-6-8-21-9-7-14/h1-9,12,15,22H,10-11,20H2,(H,23,24). The molecule has 0 radical (unpaired) electrons. The van der Waals surface area contributed by atoms with Crippen LogP contribution >= 0.6 is 0 Å². The van der Waals surface area contributed by atoms with Crippen LogP contribution in [0.3, 0.4) is 0 Å². The Bertz CT molecular complexity index is 813. The molecular weight excluding hydrogens is 302 g/mol. The van der Waals surface area contributed by atoms with E-state index in [-0.39, 0.29) is 11.6 Å². The van der Waals surface area contributed by atoms with Gasteiger partial charge in [-0.25, -0.2) is 4.79 Å². The lowest BCUT2D eigenvalue weighted by atomic mass is 10.0. The Morgan fingerprint density at radius 1 is 1.12 bits per heavy atom. The number of nitrogens with one attached hydrogen (secondary N) is 1. The fraction of sp³-hybridized carbons (Fsp3) is 0.158. The third-order valence-electron chi connectivity index (χ3n) is 3.93. The minimum Gasteiger partial charge on any atom is -0.478 e. The maximum absolute atomic E-state index is 11.5. The number of hydrogen-bond acceptors (Lipinski definition) is 3. The number of pyridine rings is 1. The molecule has 0 saturated carbocycles. The SMILES string of the molecule is NC(Cc1ccccc1)Cc1[nH]c(-c2ccncc2)cc1C(=O)O. The van der Waals surface area contributed by atoms with Gasteiger partial charge in [0.2, 0.25) is 0 Å². The van der Waals surface area contributed by atoms with Gasteiger partial charge in [-0.05, 0) is 30.2 Å². The van der Waals surface area contributed by atoms with Gasteiger partial charge in [-0.1, -0.05) is 30.3 Å². The molecule has 0 aliphatic carbocycles. The quantitative estimate of drug-likeness (QED) is 0.651. The first-order chi connectivity index (χ1) is 11.6. The Balaban J connectivity index is 1.81. The van der Waals surface area contributed by atoms with Gasteiger partial charge >= 0.3 is 5.97 Å². The zero-order valence-electron chi connectivity index (χ0n) is 13.1. The van der Waals surface area contributed by atoms with Crippen LogP contribution in [0, 0.1) is 0 Å². The summed E-state index contributed by atoms with van der Waals surface area (Å²) in [6.45, 7) is 0. The van der Waals surface area contributed by atoms with Gasteiger partial charge in [0.05, 0.1) is 5.56 Å². The summed E-state index contributed by atoms with van der Waals surface area (Å²) >= 11 is 0. The van der Waals surface area contributed by atoms with Crippen LogP contribution in [-0.4, -0.2) is 27.1 Å². The number of hydrogen-bond donors (Lipinski definition) is 3. The zero-order valence-corrected chi connectivity index (χ0v) is 13.1. The van der Waals surface area contributed by atoms with Crippen molar-refractivity contribution >= 4 is 5.97 Å². The van der Waals surface area contributed by atoms with Gasteiger partial charge in [0.25, 0.3) is 0 Å². The lowest BCUT2D eigenvalue weighted by molar-refractivity contribution is 0.0696. The van der Waals surface area contributed by atoms with Gasteiger partial charge in [-0.2, -0.15) is 0 Å². The second kappa shape index (κ2) is 7.10. The zero-order chi connectivity index (χ0) is 16.9. The fourth-order valence-electron chi connectivity index (χ4n) is 2.79. The van der Waals surface area contributed by atoms with Crippen LogP contribution in [0.5, 0.6) is 0 Å². The summed E-state index contributed by atoms with van der Waals surface area (Å²) in [6, 6.07) is 15.1. The number of rotatable bonds is 6. The van der Waals surface area contributed by atoms with Gasteiger partial charge in [-0.15, -0.1) is 0 Å². The molecule has 3 rings (SSSR count). The number of nitrogens with zero attached hydrogens (tertiary/aromatic N) is 1. The molecule has 0 aliphatic heterocycles. The predicted octanol–water partition coefficient (Wildman–Crippen LogP) is 2.89. The average molecular weight is 321 g/mol. The minimum absolute atomic E-state index is 0.158. The number of aromatic amines is 1. The second-order valence-corrected chi connectivity index (χ2v) is 5.77. The largest absolute Gasteiger partial charge is 0.478 e. The molecule has 1 unspecified atom stereocenters. The van der Waals surface area contributed by atoms with E-state index in [2.05, 4.69) is 9.97 Å². The summed E-state index contributed by atoms with van der Waals surface area (Å²) in [5.41, 5.74) is 9.95. The van der Waals surface area contributed by atoms with E-state index < -0.39 is 5.97 Å². The second-order valence-electron chi connectivity index (χ2n) is 5.77. The molecule has 2 heterocycles. The van der Waals surface area contributed by atoms with Crippen molar-refractivity contribution in [2.24, 2.45) is 5.73 Å². The molecule has 5 heteroatoms. The lowest BCUT2D eigenvalue weighted by Crippen LogP contribution is -2.26. The summed E-state index contributed by atoms with van der Waals surface area (Å²) in [5, 5.41) is 9.46. The number of nitrogens with two attached hydrogens (primary N) is 1.